The second-order valence-corrected chi connectivity index (χ2v) is 1.04. The first kappa shape index (κ1) is 22.5. The van der Waals surface area contributed by atoms with Gasteiger partial charge in [0.2, 0.25) is 0 Å². The summed E-state index contributed by atoms with van der Waals surface area (Å²) < 4.78 is 0. The average molecular weight is 204 g/mol. The number of aliphatic carboxylic acids is 2. The van der Waals surface area contributed by atoms with E-state index in [9.17, 15) is 0 Å². The van der Waals surface area contributed by atoms with Crippen molar-refractivity contribution in [1.82, 2.24) is 0 Å². The van der Waals surface area contributed by atoms with E-state index in [1.165, 1.54) is 0 Å². The number of carboxylic acid groups (broad SMARTS) is 2. The zero-order chi connectivity index (χ0) is 7.15. The molecule has 0 spiro atoms. The summed E-state index contributed by atoms with van der Waals surface area (Å²) in [6, 6.07) is 0. The Bertz CT molecular complexity index is 85.3. The molecule has 0 atom stereocenters. The van der Waals surface area contributed by atoms with Gasteiger partial charge in [0.05, 0.1) is 0 Å². The summed E-state index contributed by atoms with van der Waals surface area (Å²) in [5.41, 5.74) is 0. The Kier molecular flexibility index (Phi) is 37.9. The molecule has 0 radical (unpaired) electrons. The summed E-state index contributed by atoms with van der Waals surface area (Å²) in [5.74, 6) is -1.67. The molecule has 0 saturated carbocycles. The van der Waals surface area contributed by atoms with Crippen LogP contribution >= 0.6 is 0 Å². The van der Waals surface area contributed by atoms with Gasteiger partial charge in [0.1, 0.15) is 0 Å². The fourth-order valence-electron chi connectivity index (χ4n) is 0. The fraction of sp³-hybridized carbons (Fsp3) is 0.500. The zero-order valence-electron chi connectivity index (χ0n) is 10.1. The van der Waals surface area contributed by atoms with Crippen LogP contribution in [0.4, 0.5) is 0 Å². The van der Waals surface area contributed by atoms with Crippen LogP contribution in [0.5, 0.6) is 0 Å². The van der Waals surface area contributed by atoms with Crippen LogP contribution in [-0.2, 0) is 9.59 Å². The van der Waals surface area contributed by atoms with Crippen molar-refractivity contribution in [3.05, 3.63) is 0 Å². The molecule has 0 aromatic carbocycles. The molecule has 0 saturated heterocycles. The van der Waals surface area contributed by atoms with Crippen LogP contribution in [0.15, 0.2) is 0 Å². The molecule has 4 nitrogen and oxygen atoms in total. The van der Waals surface area contributed by atoms with Crippen LogP contribution in [0.1, 0.15) is 19.6 Å². The molecule has 6 heteroatoms. The van der Waals surface area contributed by atoms with Crippen molar-refractivity contribution in [2.24, 2.45) is 0 Å². The maximum absolute atomic E-state index is 9.00. The summed E-state index contributed by atoms with van der Waals surface area (Å²) in [4.78, 5) is 18.0. The van der Waals surface area contributed by atoms with E-state index >= 15 is 0 Å². The van der Waals surface area contributed by atoms with Crippen molar-refractivity contribution < 1.29 is 25.5 Å². The van der Waals surface area contributed by atoms with Gasteiger partial charge in [-0.3, -0.25) is 9.59 Å². The van der Waals surface area contributed by atoms with E-state index in [4.69, 9.17) is 19.8 Å². The minimum atomic E-state index is -0.833. The molecule has 0 aliphatic rings. The minimum absolute atomic E-state index is 0. The Labute approximate surface area is 125 Å². The van der Waals surface area contributed by atoms with E-state index < -0.39 is 11.9 Å². The van der Waals surface area contributed by atoms with E-state index in [0.29, 0.717) is 0 Å². The summed E-state index contributed by atoms with van der Waals surface area (Å²) >= 11 is 0. The normalized spacial score (nSPS) is 5.00. The Morgan fingerprint density at radius 1 is 1.00 bits per heavy atom. The third-order valence-corrected chi connectivity index (χ3v) is 0. The van der Waals surface area contributed by atoms with Gasteiger partial charge >= 0.3 is 75.5 Å². The fourth-order valence-corrected chi connectivity index (χ4v) is 0. The predicted molar refractivity (Wildman–Crippen MR) is 42.6 cm³/mol. The van der Waals surface area contributed by atoms with Gasteiger partial charge in [-0.25, -0.2) is 0 Å². The topological polar surface area (TPSA) is 74.6 Å². The summed E-state index contributed by atoms with van der Waals surface area (Å²) in [7, 11) is 0. The van der Waals surface area contributed by atoms with Crippen molar-refractivity contribution in [2.45, 2.75) is 13.8 Å². The van der Waals surface area contributed by atoms with Gasteiger partial charge in [-0.2, -0.15) is 0 Å². The van der Waals surface area contributed by atoms with Gasteiger partial charge in [-0.1, -0.05) is 0 Å². The first-order chi connectivity index (χ1) is 3.46. The molecule has 0 rings (SSSR count). The summed E-state index contributed by atoms with van der Waals surface area (Å²) in [6.45, 7) is 2.17. The third kappa shape index (κ3) is 318. The number of carbonyl (C=O) groups is 2. The van der Waals surface area contributed by atoms with Crippen molar-refractivity contribution in [3.63, 3.8) is 0 Å². The number of carboxylic acids is 2. The second kappa shape index (κ2) is 16.8. The van der Waals surface area contributed by atoms with Gasteiger partial charge in [-0.15, -0.1) is 0 Å². The zero-order valence-corrected chi connectivity index (χ0v) is 10.5. The van der Waals surface area contributed by atoms with Crippen molar-refractivity contribution in [2.75, 3.05) is 0 Å². The largest absolute Gasteiger partial charge is 2.00 e. The maximum atomic E-state index is 9.00. The van der Waals surface area contributed by atoms with Crippen LogP contribution in [0.3, 0.4) is 0 Å². The molecule has 0 heterocycles. The first-order valence-corrected chi connectivity index (χ1v) is 1.86. The summed E-state index contributed by atoms with van der Waals surface area (Å²) in [5, 5.41) is 14.8. The van der Waals surface area contributed by atoms with Gasteiger partial charge in [0.15, 0.2) is 0 Å². The monoisotopic (exact) mass is 204 g/mol. The molecule has 0 bridgehead atoms. The molecule has 0 unspecified atom stereocenters. The molecule has 0 aliphatic carbocycles. The Hall–Kier alpha value is 1.46. The Balaban J connectivity index is -0.00000000600. The molecule has 0 aromatic heterocycles. The summed E-state index contributed by atoms with van der Waals surface area (Å²) in [6.07, 6.45) is 0. The third-order valence-electron chi connectivity index (χ3n) is 0. The molecule has 0 fully saturated rings. The van der Waals surface area contributed by atoms with Crippen LogP contribution in [0.25, 0.3) is 0 Å². The van der Waals surface area contributed by atoms with E-state index in [1.807, 2.05) is 0 Å². The van der Waals surface area contributed by atoms with E-state index in [-0.39, 0.29) is 81.2 Å². The number of hydrogen-bond acceptors (Lipinski definition) is 2. The SMILES string of the molecule is CC(=O)O.CC(=O)O.[Ca+2].[Ca+2].[H-].[H-].[H-].[H-]. The van der Waals surface area contributed by atoms with Crippen molar-refractivity contribution >= 4 is 87.4 Å². The van der Waals surface area contributed by atoms with E-state index in [2.05, 4.69) is 0 Å². The van der Waals surface area contributed by atoms with Crippen molar-refractivity contribution in [3.8, 4) is 0 Å². The average Bonchev–Trinajstić information content (AvgIpc) is 1.25. The van der Waals surface area contributed by atoms with Gasteiger partial charge in [0.25, 0.3) is 11.9 Å². The van der Waals surface area contributed by atoms with Crippen molar-refractivity contribution in [1.29, 1.82) is 0 Å². The number of rotatable bonds is 0. The first-order valence-electron chi connectivity index (χ1n) is 1.86. The molecule has 10 heavy (non-hydrogen) atoms. The van der Waals surface area contributed by atoms with Crippen LogP contribution < -0.4 is 0 Å². The van der Waals surface area contributed by atoms with Gasteiger partial charge < -0.3 is 15.9 Å². The Morgan fingerprint density at radius 3 is 1.00 bits per heavy atom. The number of hydrogen-bond donors (Lipinski definition) is 2. The van der Waals surface area contributed by atoms with Gasteiger partial charge in [-0.05, 0) is 0 Å². The Morgan fingerprint density at radius 2 is 1.00 bits per heavy atom. The van der Waals surface area contributed by atoms with Crippen LogP contribution in [0.2, 0.25) is 0 Å². The minimum Gasteiger partial charge on any atom is -1.00 e. The molecule has 0 aromatic rings. The molecular weight excluding hydrogens is 192 g/mol. The van der Waals surface area contributed by atoms with E-state index in [1.54, 1.807) is 0 Å². The smallest absolute Gasteiger partial charge is 1.00 e. The van der Waals surface area contributed by atoms with Crippen LogP contribution in [-0.4, -0.2) is 97.6 Å². The van der Waals surface area contributed by atoms with E-state index in [0.717, 1.165) is 13.8 Å². The molecule has 0 aliphatic heterocycles. The quantitative estimate of drug-likeness (QED) is 0.539. The molecular formula is C4H12Ca2O4. The second-order valence-electron chi connectivity index (χ2n) is 1.04. The molecule has 2 N–H and O–H groups in total. The predicted octanol–water partition coefficient (Wildman–Crippen LogP) is -0.130. The van der Waals surface area contributed by atoms with Gasteiger partial charge in [0, 0.05) is 13.8 Å². The maximum Gasteiger partial charge on any atom is 2.00 e. The standard InChI is InChI=1S/2C2H4O2.2Ca.4H/c2*1-2(3)4;;;;;;/h2*1H3,(H,3,4);;;;;;/q;;2*+2;4*-1. The molecule has 56 valence electrons. The van der Waals surface area contributed by atoms with Crippen LogP contribution in [0, 0.1) is 0 Å². The molecule has 0 amide bonds.